The van der Waals surface area contributed by atoms with Crippen LogP contribution in [0.1, 0.15) is 0 Å². The zero-order valence-corrected chi connectivity index (χ0v) is 9.81. The molecule has 0 unspecified atom stereocenters. The normalized spacial score (nSPS) is 11.0. The van der Waals surface area contributed by atoms with Crippen molar-refractivity contribution >= 4 is 62.6 Å². The van der Waals surface area contributed by atoms with Crippen LogP contribution in [0.25, 0.3) is 11.0 Å². The van der Waals surface area contributed by atoms with Crippen molar-refractivity contribution in [3.05, 3.63) is 20.0 Å². The van der Waals surface area contributed by atoms with E-state index in [0.717, 1.165) is 8.96 Å². The minimum absolute atomic E-state index is 0.147. The molecule has 2 aromatic heterocycles. The Kier molecular flexibility index (Phi) is 2.29. The molecule has 0 amide bonds. The van der Waals surface area contributed by atoms with Crippen molar-refractivity contribution in [3.63, 3.8) is 0 Å². The van der Waals surface area contributed by atoms with E-state index in [0.29, 0.717) is 16.4 Å². The van der Waals surface area contributed by atoms with Crippen LogP contribution in [-0.2, 0) is 0 Å². The fourth-order valence-electron chi connectivity index (χ4n) is 1.03. The van der Waals surface area contributed by atoms with Gasteiger partial charge in [-0.1, -0.05) is 11.6 Å². The molecule has 13 heavy (non-hydrogen) atoms. The van der Waals surface area contributed by atoms with Gasteiger partial charge in [-0.25, -0.2) is 4.98 Å². The van der Waals surface area contributed by atoms with Gasteiger partial charge in [0.25, 0.3) is 0 Å². The van der Waals surface area contributed by atoms with Gasteiger partial charge in [-0.15, -0.1) is 0 Å². The largest absolute Gasteiger partial charge is 0.439 e. The number of hydrogen-bond acceptors (Lipinski definition) is 3. The molecule has 2 aromatic rings. The minimum atomic E-state index is 0.147. The number of nitrogen functional groups attached to an aromatic ring is 1. The van der Waals surface area contributed by atoms with E-state index in [9.17, 15) is 0 Å². The Morgan fingerprint density at radius 1 is 1.46 bits per heavy atom. The van der Waals surface area contributed by atoms with E-state index >= 15 is 0 Å². The van der Waals surface area contributed by atoms with Crippen LogP contribution in [-0.4, -0.2) is 4.98 Å². The van der Waals surface area contributed by atoms with Gasteiger partial charge in [0.1, 0.15) is 5.02 Å². The van der Waals surface area contributed by atoms with E-state index in [1.54, 1.807) is 6.20 Å². The van der Waals surface area contributed by atoms with Crippen LogP contribution in [0.5, 0.6) is 0 Å². The van der Waals surface area contributed by atoms with Crippen molar-refractivity contribution in [1.29, 1.82) is 0 Å². The van der Waals surface area contributed by atoms with Gasteiger partial charge < -0.3 is 10.2 Å². The Labute approximate surface area is 97.3 Å². The monoisotopic (exact) mass is 328 g/mol. The average molecular weight is 329 g/mol. The summed E-state index contributed by atoms with van der Waals surface area (Å²) in [5.41, 5.74) is 6.03. The van der Waals surface area contributed by atoms with Crippen LogP contribution in [0, 0.1) is 3.57 Å². The second-order valence-electron chi connectivity index (χ2n) is 2.39. The first kappa shape index (κ1) is 9.36. The lowest BCUT2D eigenvalue weighted by Gasteiger charge is -1.95. The number of anilines is 1. The lowest BCUT2D eigenvalue weighted by molar-refractivity contribution is 0.618. The van der Waals surface area contributed by atoms with E-state index in [-0.39, 0.29) is 5.22 Å². The van der Waals surface area contributed by atoms with E-state index in [2.05, 4.69) is 27.6 Å². The van der Waals surface area contributed by atoms with Crippen LogP contribution < -0.4 is 5.73 Å². The van der Waals surface area contributed by atoms with E-state index < -0.39 is 0 Å². The molecule has 0 atom stereocenters. The standard InChI is InChI=1S/C7H3Cl2IN2O/c8-4-3-2(10)1-12-7(11)5(3)13-6(4)9/h1H,(H2,11,12). The Balaban J connectivity index is 3.00. The zero-order chi connectivity index (χ0) is 9.59. The number of hydrogen-bond donors (Lipinski definition) is 1. The molecule has 0 spiro atoms. The van der Waals surface area contributed by atoms with Gasteiger partial charge in [0, 0.05) is 9.77 Å². The summed E-state index contributed by atoms with van der Waals surface area (Å²) in [4.78, 5) is 3.92. The maximum Gasteiger partial charge on any atom is 0.213 e. The molecule has 0 radical (unpaired) electrons. The summed E-state index contributed by atoms with van der Waals surface area (Å²) in [6.45, 7) is 0. The summed E-state index contributed by atoms with van der Waals surface area (Å²) >= 11 is 13.7. The van der Waals surface area contributed by atoms with Gasteiger partial charge in [0.15, 0.2) is 11.4 Å². The molecule has 2 N–H and O–H groups in total. The Hall–Kier alpha value is -0.200. The number of rotatable bonds is 0. The Morgan fingerprint density at radius 3 is 2.77 bits per heavy atom. The lowest BCUT2D eigenvalue weighted by Crippen LogP contribution is -1.90. The van der Waals surface area contributed by atoms with Crippen molar-refractivity contribution in [3.8, 4) is 0 Å². The molecule has 0 aliphatic carbocycles. The Bertz CT molecular complexity index is 483. The van der Waals surface area contributed by atoms with Crippen LogP contribution in [0.4, 0.5) is 5.82 Å². The van der Waals surface area contributed by atoms with Gasteiger partial charge in [-0.2, -0.15) is 0 Å². The van der Waals surface area contributed by atoms with E-state index in [1.165, 1.54) is 0 Å². The molecular weight excluding hydrogens is 326 g/mol. The number of halogens is 3. The molecule has 2 heterocycles. The van der Waals surface area contributed by atoms with Crippen LogP contribution in [0.15, 0.2) is 10.6 Å². The molecule has 0 fully saturated rings. The molecule has 3 nitrogen and oxygen atoms in total. The fourth-order valence-corrected chi connectivity index (χ4v) is 2.24. The molecule has 0 aliphatic rings. The predicted octanol–water partition coefficient (Wildman–Crippen LogP) is 3.32. The molecule has 6 heteroatoms. The lowest BCUT2D eigenvalue weighted by atomic mass is 10.3. The van der Waals surface area contributed by atoms with Crippen molar-refractivity contribution < 1.29 is 4.42 Å². The second-order valence-corrected chi connectivity index (χ2v) is 4.27. The van der Waals surface area contributed by atoms with Crippen LogP contribution in [0.3, 0.4) is 0 Å². The summed E-state index contributed by atoms with van der Waals surface area (Å²) in [5.74, 6) is 0.296. The Morgan fingerprint density at radius 2 is 2.15 bits per heavy atom. The maximum absolute atomic E-state index is 5.90. The smallest absolute Gasteiger partial charge is 0.213 e. The second kappa shape index (κ2) is 3.18. The van der Waals surface area contributed by atoms with Crippen molar-refractivity contribution in [2.75, 3.05) is 5.73 Å². The van der Waals surface area contributed by atoms with Gasteiger partial charge in [-0.05, 0) is 34.2 Å². The van der Waals surface area contributed by atoms with Crippen molar-refractivity contribution in [1.82, 2.24) is 4.98 Å². The summed E-state index contributed by atoms with van der Waals surface area (Å²) in [7, 11) is 0. The zero-order valence-electron chi connectivity index (χ0n) is 6.14. The van der Waals surface area contributed by atoms with Crippen molar-refractivity contribution in [2.24, 2.45) is 0 Å². The molecule has 0 saturated heterocycles. The predicted molar refractivity (Wildman–Crippen MR) is 61.2 cm³/mol. The highest BCUT2D eigenvalue weighted by Crippen LogP contribution is 2.38. The van der Waals surface area contributed by atoms with E-state index in [4.69, 9.17) is 33.4 Å². The third kappa shape index (κ3) is 1.37. The average Bonchev–Trinajstić information content (AvgIpc) is 2.38. The quantitative estimate of drug-likeness (QED) is 0.755. The van der Waals surface area contributed by atoms with Crippen LogP contribution in [0.2, 0.25) is 10.2 Å². The maximum atomic E-state index is 5.90. The number of nitrogens with two attached hydrogens (primary N) is 1. The summed E-state index contributed by atoms with van der Waals surface area (Å²) in [6, 6.07) is 0. The third-order valence-corrected chi connectivity index (χ3v) is 3.14. The molecule has 0 bridgehead atoms. The molecule has 0 saturated carbocycles. The molecule has 2 rings (SSSR count). The number of furan rings is 1. The van der Waals surface area contributed by atoms with Gasteiger partial charge in [0.05, 0.1) is 5.39 Å². The van der Waals surface area contributed by atoms with Crippen molar-refractivity contribution in [2.45, 2.75) is 0 Å². The molecular formula is C7H3Cl2IN2O. The topological polar surface area (TPSA) is 52.0 Å². The van der Waals surface area contributed by atoms with Crippen LogP contribution >= 0.6 is 45.8 Å². The first-order valence-electron chi connectivity index (χ1n) is 3.28. The van der Waals surface area contributed by atoms with Gasteiger partial charge >= 0.3 is 0 Å². The highest BCUT2D eigenvalue weighted by molar-refractivity contribution is 14.1. The fraction of sp³-hybridized carbons (Fsp3) is 0. The summed E-state index contributed by atoms with van der Waals surface area (Å²) in [5, 5.41) is 1.25. The first-order valence-corrected chi connectivity index (χ1v) is 5.12. The number of fused-ring (bicyclic) bond motifs is 1. The summed E-state index contributed by atoms with van der Waals surface area (Å²) in [6.07, 6.45) is 1.62. The highest BCUT2D eigenvalue weighted by atomic mass is 127. The highest BCUT2D eigenvalue weighted by Gasteiger charge is 2.15. The molecule has 0 aliphatic heterocycles. The minimum Gasteiger partial charge on any atom is -0.439 e. The number of aromatic nitrogens is 1. The first-order chi connectivity index (χ1) is 6.11. The third-order valence-electron chi connectivity index (χ3n) is 1.60. The SMILES string of the molecule is Nc1ncc(I)c2c(Cl)c(Cl)oc12. The van der Waals surface area contributed by atoms with Gasteiger partial charge in [0.2, 0.25) is 5.22 Å². The summed E-state index contributed by atoms with van der Waals surface area (Å²) < 4.78 is 6.01. The molecule has 0 aromatic carbocycles. The molecule has 68 valence electrons. The number of nitrogens with zero attached hydrogens (tertiary/aromatic N) is 1. The van der Waals surface area contributed by atoms with Gasteiger partial charge in [-0.3, -0.25) is 0 Å². The number of pyridine rings is 1. The van der Waals surface area contributed by atoms with E-state index in [1.807, 2.05) is 0 Å².